The maximum absolute atomic E-state index is 12.2. The molecule has 1 aromatic carbocycles. The predicted molar refractivity (Wildman–Crippen MR) is 78.9 cm³/mol. The number of benzene rings is 1. The number of hydrazine groups is 1. The van der Waals surface area contributed by atoms with Crippen molar-refractivity contribution in [2.45, 2.75) is 18.9 Å². The van der Waals surface area contributed by atoms with E-state index in [2.05, 4.69) is 15.6 Å². The molecule has 1 heterocycles. The Morgan fingerprint density at radius 2 is 2.10 bits per heavy atom. The zero-order valence-corrected chi connectivity index (χ0v) is 11.8. The molecule has 1 saturated heterocycles. The van der Waals surface area contributed by atoms with Crippen molar-refractivity contribution in [2.75, 3.05) is 25.6 Å². The third-order valence-corrected chi connectivity index (χ3v) is 3.67. The van der Waals surface area contributed by atoms with Crippen LogP contribution in [0.4, 0.5) is 11.4 Å². The van der Waals surface area contributed by atoms with Gasteiger partial charge in [-0.1, -0.05) is 0 Å². The summed E-state index contributed by atoms with van der Waals surface area (Å²) < 4.78 is 0. The number of amides is 1. The smallest absolute Gasteiger partial charge is 0.294 e. The van der Waals surface area contributed by atoms with Gasteiger partial charge in [-0.15, -0.1) is 0 Å². The quantitative estimate of drug-likeness (QED) is 0.428. The summed E-state index contributed by atoms with van der Waals surface area (Å²) in [6.07, 6.45) is 1.76. The summed E-state index contributed by atoms with van der Waals surface area (Å²) >= 11 is 0. The maximum Gasteiger partial charge on any atom is 0.294 e. The van der Waals surface area contributed by atoms with Crippen molar-refractivity contribution < 1.29 is 9.72 Å². The first kappa shape index (κ1) is 15.2. The fourth-order valence-electron chi connectivity index (χ4n) is 2.37. The van der Waals surface area contributed by atoms with Crippen LogP contribution in [0, 0.1) is 10.1 Å². The molecule has 0 aliphatic carbocycles. The van der Waals surface area contributed by atoms with E-state index in [9.17, 15) is 14.9 Å². The molecule has 0 unspecified atom stereocenters. The van der Waals surface area contributed by atoms with Crippen LogP contribution in [0.1, 0.15) is 23.2 Å². The van der Waals surface area contributed by atoms with Crippen LogP contribution in [0.3, 0.4) is 0 Å². The summed E-state index contributed by atoms with van der Waals surface area (Å²) in [5.41, 5.74) is 2.48. The van der Waals surface area contributed by atoms with Crippen LogP contribution >= 0.6 is 0 Å². The van der Waals surface area contributed by atoms with E-state index in [-0.39, 0.29) is 28.9 Å². The van der Waals surface area contributed by atoms with Gasteiger partial charge in [-0.25, -0.2) is 0 Å². The van der Waals surface area contributed by atoms with E-state index in [4.69, 9.17) is 5.84 Å². The number of carbonyl (C=O) groups is 1. The molecular weight excluding hydrogens is 274 g/mol. The number of hydrogen-bond acceptors (Lipinski definition) is 6. The molecule has 1 aromatic rings. The number of nitrogens with two attached hydrogens (primary N) is 1. The molecule has 1 fully saturated rings. The van der Waals surface area contributed by atoms with Crippen molar-refractivity contribution in [2.24, 2.45) is 5.84 Å². The minimum absolute atomic E-state index is 0.111. The highest BCUT2D eigenvalue weighted by molar-refractivity contribution is 5.95. The molecule has 8 heteroatoms. The zero-order chi connectivity index (χ0) is 15.4. The fraction of sp³-hybridized carbons (Fsp3) is 0.462. The number of nitrogens with one attached hydrogen (secondary N) is 2. The number of nitrogen functional groups attached to an aromatic ring is 1. The average molecular weight is 293 g/mol. The summed E-state index contributed by atoms with van der Waals surface area (Å²) in [5.74, 6) is 4.92. The highest BCUT2D eigenvalue weighted by Crippen LogP contribution is 2.24. The maximum atomic E-state index is 12.2. The summed E-state index contributed by atoms with van der Waals surface area (Å²) in [7, 11) is 2.04. The topological polar surface area (TPSA) is 114 Å². The Bertz CT molecular complexity index is 541. The summed E-state index contributed by atoms with van der Waals surface area (Å²) in [6.45, 7) is 1.86. The first-order chi connectivity index (χ1) is 10.0. The van der Waals surface area contributed by atoms with Crippen LogP contribution < -0.4 is 16.6 Å². The molecular formula is C13H19N5O3. The third-order valence-electron chi connectivity index (χ3n) is 3.67. The van der Waals surface area contributed by atoms with Gasteiger partial charge in [0.2, 0.25) is 0 Å². The first-order valence-electron chi connectivity index (χ1n) is 6.75. The molecule has 0 aromatic heterocycles. The number of rotatable bonds is 4. The van der Waals surface area contributed by atoms with Crippen molar-refractivity contribution in [1.82, 2.24) is 10.2 Å². The van der Waals surface area contributed by atoms with Crippen LogP contribution in [0.25, 0.3) is 0 Å². The van der Waals surface area contributed by atoms with Crippen molar-refractivity contribution >= 4 is 17.3 Å². The van der Waals surface area contributed by atoms with E-state index in [1.165, 1.54) is 18.2 Å². The molecule has 8 nitrogen and oxygen atoms in total. The van der Waals surface area contributed by atoms with Crippen molar-refractivity contribution in [3.05, 3.63) is 33.9 Å². The molecule has 2 rings (SSSR count). The highest BCUT2D eigenvalue weighted by Gasteiger charge is 2.21. The van der Waals surface area contributed by atoms with Crippen LogP contribution in [-0.2, 0) is 0 Å². The van der Waals surface area contributed by atoms with E-state index in [1.54, 1.807) is 0 Å². The molecule has 1 aliphatic rings. The zero-order valence-electron chi connectivity index (χ0n) is 11.8. The van der Waals surface area contributed by atoms with Gasteiger partial charge in [-0.05, 0) is 45.1 Å². The molecule has 114 valence electrons. The van der Waals surface area contributed by atoms with Gasteiger partial charge in [0.1, 0.15) is 5.69 Å². The number of hydrogen-bond donors (Lipinski definition) is 3. The lowest BCUT2D eigenvalue weighted by molar-refractivity contribution is -0.384. The van der Waals surface area contributed by atoms with Gasteiger partial charge in [0.15, 0.2) is 0 Å². The van der Waals surface area contributed by atoms with Crippen molar-refractivity contribution in [3.63, 3.8) is 0 Å². The molecule has 0 saturated carbocycles. The van der Waals surface area contributed by atoms with E-state index in [0.29, 0.717) is 0 Å². The lowest BCUT2D eigenvalue weighted by Crippen LogP contribution is -2.43. The molecule has 0 bridgehead atoms. The molecule has 0 atom stereocenters. The molecule has 1 amide bonds. The lowest BCUT2D eigenvalue weighted by atomic mass is 10.0. The van der Waals surface area contributed by atoms with E-state index < -0.39 is 4.92 Å². The van der Waals surface area contributed by atoms with Gasteiger partial charge in [0.25, 0.3) is 11.6 Å². The van der Waals surface area contributed by atoms with Gasteiger partial charge in [0.05, 0.1) is 4.92 Å². The lowest BCUT2D eigenvalue weighted by Gasteiger charge is -2.29. The second-order valence-electron chi connectivity index (χ2n) is 5.18. The summed E-state index contributed by atoms with van der Waals surface area (Å²) in [4.78, 5) is 24.8. The van der Waals surface area contributed by atoms with Gasteiger partial charge < -0.3 is 15.6 Å². The van der Waals surface area contributed by atoms with Gasteiger partial charge in [-0.3, -0.25) is 20.8 Å². The van der Waals surface area contributed by atoms with E-state index >= 15 is 0 Å². The molecule has 1 aliphatic heterocycles. The molecule has 0 radical (unpaired) electrons. The molecule has 4 N–H and O–H groups in total. The Kier molecular flexibility index (Phi) is 4.71. The average Bonchev–Trinajstić information content (AvgIpc) is 2.48. The first-order valence-corrected chi connectivity index (χ1v) is 6.75. The second-order valence-corrected chi connectivity index (χ2v) is 5.18. The molecule has 0 spiro atoms. The second kappa shape index (κ2) is 6.51. The predicted octanol–water partition coefficient (Wildman–Crippen LogP) is 0.704. The Morgan fingerprint density at radius 1 is 1.43 bits per heavy atom. The largest absolute Gasteiger partial charge is 0.349 e. The van der Waals surface area contributed by atoms with Gasteiger partial charge in [0, 0.05) is 17.7 Å². The van der Waals surface area contributed by atoms with Crippen LogP contribution in [0.5, 0.6) is 0 Å². The Balaban J connectivity index is 2.09. The Morgan fingerprint density at radius 3 is 2.67 bits per heavy atom. The summed E-state index contributed by atoms with van der Waals surface area (Å²) in [5, 5.41) is 13.9. The van der Waals surface area contributed by atoms with Gasteiger partial charge >= 0.3 is 0 Å². The number of piperidine rings is 1. The standard InChI is InChI=1S/C13H19N5O3/c1-17-6-4-10(5-7-17)15-13(19)9-2-3-11(16-14)12(8-9)18(20)21/h2-3,8,10,16H,4-7,14H2,1H3,(H,15,19). The number of likely N-dealkylation sites (tertiary alicyclic amines) is 1. The van der Waals surface area contributed by atoms with Crippen LogP contribution in [0.15, 0.2) is 18.2 Å². The SMILES string of the molecule is CN1CCC(NC(=O)c2ccc(NN)c([N+](=O)[O-])c2)CC1. The van der Waals surface area contributed by atoms with E-state index in [0.717, 1.165) is 25.9 Å². The minimum Gasteiger partial charge on any atom is -0.349 e. The number of carbonyl (C=O) groups excluding carboxylic acids is 1. The van der Waals surface area contributed by atoms with Crippen molar-refractivity contribution in [3.8, 4) is 0 Å². The number of anilines is 1. The monoisotopic (exact) mass is 293 g/mol. The normalized spacial score (nSPS) is 16.5. The third kappa shape index (κ3) is 3.67. The Labute approximate surface area is 122 Å². The Hall–Kier alpha value is -2.19. The number of nitrogens with zero attached hydrogens (tertiary/aromatic N) is 2. The molecule has 21 heavy (non-hydrogen) atoms. The van der Waals surface area contributed by atoms with Gasteiger partial charge in [-0.2, -0.15) is 0 Å². The van der Waals surface area contributed by atoms with E-state index in [1.807, 2.05) is 7.05 Å². The fourth-order valence-corrected chi connectivity index (χ4v) is 2.37. The van der Waals surface area contributed by atoms with Crippen molar-refractivity contribution in [1.29, 1.82) is 0 Å². The summed E-state index contributed by atoms with van der Waals surface area (Å²) in [6, 6.07) is 4.30. The number of nitro benzene ring substituents is 1. The van der Waals surface area contributed by atoms with Crippen LogP contribution in [-0.4, -0.2) is 41.9 Å². The van der Waals surface area contributed by atoms with Crippen LogP contribution in [0.2, 0.25) is 0 Å². The highest BCUT2D eigenvalue weighted by atomic mass is 16.6. The minimum atomic E-state index is -0.568. The number of nitro groups is 1.